The molecule has 0 unspecified atom stereocenters. The number of aromatic nitrogens is 2. The Hall–Kier alpha value is -2.68. The fourth-order valence-electron chi connectivity index (χ4n) is 2.61. The highest BCUT2D eigenvalue weighted by Gasteiger charge is 2.40. The number of nitrogens with one attached hydrogen (secondary N) is 1. The van der Waals surface area contributed by atoms with Gasteiger partial charge < -0.3 is 14.2 Å². The van der Waals surface area contributed by atoms with Gasteiger partial charge in [0, 0.05) is 32.0 Å². The highest BCUT2D eigenvalue weighted by Crippen LogP contribution is 2.30. The van der Waals surface area contributed by atoms with Crippen LogP contribution in [0.25, 0.3) is 0 Å². The van der Waals surface area contributed by atoms with E-state index in [0.717, 1.165) is 0 Å². The molecule has 1 saturated heterocycles. The Morgan fingerprint density at radius 3 is 2.72 bits per heavy atom. The van der Waals surface area contributed by atoms with E-state index in [-0.39, 0.29) is 19.4 Å². The molecule has 1 aliphatic rings. The van der Waals surface area contributed by atoms with Crippen molar-refractivity contribution in [3.63, 3.8) is 0 Å². The standard InChI is InChI=1S/C16H20N2O7/c1-4-5-11-7-18(16(22)17-14(11)21)15-13(24-10(3)20)6-12(25-15)8-23-9(2)19/h4,7,12-13,15H,1,5-6,8H2,2-3H3,(H,17,21,22)/t12-,13+,15+/m0/s1. The second-order valence-electron chi connectivity index (χ2n) is 5.65. The van der Waals surface area contributed by atoms with E-state index in [1.165, 1.54) is 30.7 Å². The van der Waals surface area contributed by atoms with E-state index in [0.29, 0.717) is 5.56 Å². The Morgan fingerprint density at radius 2 is 2.12 bits per heavy atom. The van der Waals surface area contributed by atoms with Crippen LogP contribution in [0.1, 0.15) is 32.1 Å². The first kappa shape index (κ1) is 18.7. The molecule has 0 aliphatic carbocycles. The molecule has 2 heterocycles. The number of hydrogen-bond acceptors (Lipinski definition) is 7. The van der Waals surface area contributed by atoms with Crippen molar-refractivity contribution in [2.75, 3.05) is 6.61 Å². The number of carbonyl (C=O) groups is 2. The van der Waals surface area contributed by atoms with Crippen molar-refractivity contribution in [1.29, 1.82) is 0 Å². The van der Waals surface area contributed by atoms with E-state index < -0.39 is 41.6 Å². The largest absolute Gasteiger partial charge is 0.463 e. The highest BCUT2D eigenvalue weighted by molar-refractivity contribution is 5.66. The predicted octanol–water partition coefficient (Wildman–Crippen LogP) is 0.0474. The Balaban J connectivity index is 2.32. The molecule has 9 nitrogen and oxygen atoms in total. The van der Waals surface area contributed by atoms with Gasteiger partial charge in [0.05, 0.1) is 6.10 Å². The Bertz CT molecular complexity index is 779. The number of H-pyrrole nitrogens is 1. The lowest BCUT2D eigenvalue weighted by Crippen LogP contribution is -2.38. The second kappa shape index (κ2) is 7.93. The van der Waals surface area contributed by atoms with E-state index >= 15 is 0 Å². The Morgan fingerprint density at radius 1 is 1.40 bits per heavy atom. The van der Waals surface area contributed by atoms with Crippen molar-refractivity contribution in [2.45, 2.75) is 45.1 Å². The van der Waals surface area contributed by atoms with Gasteiger partial charge in [-0.15, -0.1) is 6.58 Å². The van der Waals surface area contributed by atoms with Gasteiger partial charge in [0.25, 0.3) is 5.56 Å². The molecule has 1 aliphatic heterocycles. The van der Waals surface area contributed by atoms with Crippen LogP contribution in [0.5, 0.6) is 0 Å². The van der Waals surface area contributed by atoms with Crippen LogP contribution in [-0.2, 0) is 30.2 Å². The molecule has 0 radical (unpaired) electrons. The quantitative estimate of drug-likeness (QED) is 0.568. The monoisotopic (exact) mass is 352 g/mol. The van der Waals surface area contributed by atoms with Gasteiger partial charge in [-0.25, -0.2) is 4.79 Å². The van der Waals surface area contributed by atoms with Crippen LogP contribution in [0.2, 0.25) is 0 Å². The minimum absolute atomic E-state index is 0.0266. The van der Waals surface area contributed by atoms with Gasteiger partial charge in [-0.1, -0.05) is 6.08 Å². The first-order chi connectivity index (χ1) is 11.8. The normalized spacial score (nSPS) is 22.4. The van der Waals surface area contributed by atoms with Crippen LogP contribution in [0, 0.1) is 0 Å². The van der Waals surface area contributed by atoms with E-state index in [1.54, 1.807) is 0 Å². The molecule has 9 heteroatoms. The molecule has 1 aromatic heterocycles. The van der Waals surface area contributed by atoms with Gasteiger partial charge in [-0.05, 0) is 6.42 Å². The van der Waals surface area contributed by atoms with Crippen molar-refractivity contribution < 1.29 is 23.8 Å². The maximum atomic E-state index is 12.2. The zero-order chi connectivity index (χ0) is 18.6. The third-order valence-electron chi connectivity index (χ3n) is 3.61. The zero-order valence-corrected chi connectivity index (χ0v) is 14.0. The van der Waals surface area contributed by atoms with Gasteiger partial charge in [0.15, 0.2) is 6.23 Å². The molecule has 0 amide bonds. The number of carbonyl (C=O) groups excluding carboxylic acids is 2. The minimum atomic E-state index is -0.933. The molecule has 3 atom stereocenters. The van der Waals surface area contributed by atoms with E-state index in [2.05, 4.69) is 11.6 Å². The average Bonchev–Trinajstić information content (AvgIpc) is 2.90. The van der Waals surface area contributed by atoms with Crippen molar-refractivity contribution in [2.24, 2.45) is 0 Å². The van der Waals surface area contributed by atoms with Crippen molar-refractivity contribution in [1.82, 2.24) is 9.55 Å². The van der Waals surface area contributed by atoms with Crippen LogP contribution in [0.15, 0.2) is 28.4 Å². The Kier molecular flexibility index (Phi) is 5.92. The van der Waals surface area contributed by atoms with Gasteiger partial charge >= 0.3 is 17.6 Å². The molecule has 2 rings (SSSR count). The summed E-state index contributed by atoms with van der Waals surface area (Å²) in [5, 5.41) is 0. The summed E-state index contributed by atoms with van der Waals surface area (Å²) in [4.78, 5) is 48.5. The summed E-state index contributed by atoms with van der Waals surface area (Å²) >= 11 is 0. The molecule has 136 valence electrons. The maximum absolute atomic E-state index is 12.2. The number of nitrogens with zero attached hydrogens (tertiary/aromatic N) is 1. The van der Waals surface area contributed by atoms with Gasteiger partial charge in [-0.3, -0.25) is 23.9 Å². The summed E-state index contributed by atoms with van der Waals surface area (Å²) in [7, 11) is 0. The van der Waals surface area contributed by atoms with E-state index in [1.807, 2.05) is 0 Å². The lowest BCUT2D eigenvalue weighted by atomic mass is 10.2. The van der Waals surface area contributed by atoms with E-state index in [4.69, 9.17) is 14.2 Å². The SMILES string of the molecule is C=CCc1cn([C@@H]2O[C@H](COC(C)=O)C[C@H]2OC(C)=O)c(=O)[nH]c1=O. The van der Waals surface area contributed by atoms with Crippen molar-refractivity contribution in [3.05, 3.63) is 45.3 Å². The summed E-state index contributed by atoms with van der Waals surface area (Å²) in [6, 6.07) is 0. The van der Waals surface area contributed by atoms with E-state index in [9.17, 15) is 19.2 Å². The number of aromatic amines is 1. The highest BCUT2D eigenvalue weighted by atomic mass is 16.6. The zero-order valence-electron chi connectivity index (χ0n) is 14.0. The fraction of sp³-hybridized carbons (Fsp3) is 0.500. The lowest BCUT2D eigenvalue weighted by molar-refractivity contribution is -0.153. The summed E-state index contributed by atoms with van der Waals surface area (Å²) in [5.74, 6) is -0.999. The number of allylic oxidation sites excluding steroid dienone is 1. The van der Waals surface area contributed by atoms with Crippen LogP contribution in [-0.4, -0.2) is 40.3 Å². The molecule has 0 bridgehead atoms. The molecule has 0 aromatic carbocycles. The Labute approximate surface area is 143 Å². The van der Waals surface area contributed by atoms with Crippen LogP contribution < -0.4 is 11.2 Å². The first-order valence-corrected chi connectivity index (χ1v) is 7.73. The van der Waals surface area contributed by atoms with Gasteiger partial charge in [0.1, 0.15) is 12.7 Å². The van der Waals surface area contributed by atoms with Gasteiger partial charge in [-0.2, -0.15) is 0 Å². The van der Waals surface area contributed by atoms with Gasteiger partial charge in [0.2, 0.25) is 0 Å². The van der Waals surface area contributed by atoms with Crippen LogP contribution in [0.3, 0.4) is 0 Å². The molecule has 1 aromatic rings. The smallest absolute Gasteiger partial charge is 0.330 e. The van der Waals surface area contributed by atoms with Crippen LogP contribution >= 0.6 is 0 Å². The second-order valence-corrected chi connectivity index (χ2v) is 5.65. The average molecular weight is 352 g/mol. The molecule has 0 spiro atoms. The predicted molar refractivity (Wildman–Crippen MR) is 85.9 cm³/mol. The maximum Gasteiger partial charge on any atom is 0.330 e. The lowest BCUT2D eigenvalue weighted by Gasteiger charge is -2.20. The van der Waals surface area contributed by atoms with Crippen molar-refractivity contribution >= 4 is 11.9 Å². The third-order valence-corrected chi connectivity index (χ3v) is 3.61. The number of rotatable bonds is 6. The molecular formula is C16H20N2O7. The number of esters is 2. The molecular weight excluding hydrogens is 332 g/mol. The summed E-state index contributed by atoms with van der Waals surface area (Å²) in [5.41, 5.74) is -0.879. The summed E-state index contributed by atoms with van der Waals surface area (Å²) in [6.45, 7) is 6.05. The third kappa shape index (κ3) is 4.66. The first-order valence-electron chi connectivity index (χ1n) is 7.73. The summed E-state index contributed by atoms with van der Waals surface area (Å²) in [6.07, 6.45) is 1.17. The van der Waals surface area contributed by atoms with Crippen LogP contribution in [0.4, 0.5) is 0 Å². The molecule has 0 saturated carbocycles. The molecule has 25 heavy (non-hydrogen) atoms. The number of ether oxygens (including phenoxy) is 3. The summed E-state index contributed by atoms with van der Waals surface area (Å²) < 4.78 is 17.0. The molecule has 1 fully saturated rings. The minimum Gasteiger partial charge on any atom is -0.463 e. The fourth-order valence-corrected chi connectivity index (χ4v) is 2.61. The van der Waals surface area contributed by atoms with Crippen molar-refractivity contribution in [3.8, 4) is 0 Å². The number of hydrogen-bond donors (Lipinski definition) is 1. The topological polar surface area (TPSA) is 117 Å². The molecule has 1 N–H and O–H groups in total.